The number of hydrogen-bond donors (Lipinski definition) is 1. The number of hydrogen-bond acceptors (Lipinski definition) is 4. The molecule has 1 N–H and O–H groups in total. The van der Waals surface area contributed by atoms with E-state index in [1.165, 1.54) is 0 Å². The summed E-state index contributed by atoms with van der Waals surface area (Å²) < 4.78 is 11.0. The number of para-hydroxylation sites is 1. The summed E-state index contributed by atoms with van der Waals surface area (Å²) in [5, 5.41) is 2.99. The lowest BCUT2D eigenvalue weighted by Gasteiger charge is -2.13. The van der Waals surface area contributed by atoms with Gasteiger partial charge in [-0.25, -0.2) is 0 Å². The van der Waals surface area contributed by atoms with Gasteiger partial charge >= 0.3 is 0 Å². The van der Waals surface area contributed by atoms with E-state index in [1.54, 1.807) is 18.9 Å². The first kappa shape index (κ1) is 17.8. The molecule has 0 saturated carbocycles. The number of methoxy groups -OCH3 is 1. The molecule has 0 spiro atoms. The standard InChI is InChI=1S/C20H23NO3S/c1-23-18-10-4-2-7-15(18)13-21-20(22)17-9-3-5-11-19(17)25-14-16-8-6-12-24-16/h2-5,7,9-11,16H,6,8,12-14H2,1H3,(H,21,22). The molecule has 132 valence electrons. The molecule has 1 amide bonds. The van der Waals surface area contributed by atoms with Crippen molar-refractivity contribution < 1.29 is 14.3 Å². The van der Waals surface area contributed by atoms with Crippen molar-refractivity contribution in [3.8, 4) is 5.75 Å². The van der Waals surface area contributed by atoms with E-state index in [9.17, 15) is 4.79 Å². The number of carbonyl (C=O) groups excluding carboxylic acids is 1. The van der Waals surface area contributed by atoms with Gasteiger partial charge in [-0.1, -0.05) is 30.3 Å². The lowest BCUT2D eigenvalue weighted by molar-refractivity contribution is 0.0947. The first-order chi connectivity index (χ1) is 12.3. The largest absolute Gasteiger partial charge is 0.496 e. The second kappa shape index (κ2) is 8.92. The van der Waals surface area contributed by atoms with Gasteiger partial charge in [0.2, 0.25) is 0 Å². The smallest absolute Gasteiger partial charge is 0.252 e. The molecule has 0 bridgehead atoms. The van der Waals surface area contributed by atoms with E-state index in [1.807, 2.05) is 48.5 Å². The van der Waals surface area contributed by atoms with E-state index in [0.29, 0.717) is 18.2 Å². The van der Waals surface area contributed by atoms with Crippen LogP contribution in [-0.2, 0) is 11.3 Å². The van der Waals surface area contributed by atoms with Gasteiger partial charge in [0.05, 0.1) is 18.8 Å². The molecule has 1 saturated heterocycles. The molecule has 4 nitrogen and oxygen atoms in total. The van der Waals surface area contributed by atoms with Gasteiger partial charge in [0.25, 0.3) is 5.91 Å². The predicted molar refractivity (Wildman–Crippen MR) is 100 cm³/mol. The number of thioether (sulfide) groups is 1. The summed E-state index contributed by atoms with van der Waals surface area (Å²) in [6.45, 7) is 1.29. The number of carbonyl (C=O) groups is 1. The highest BCUT2D eigenvalue weighted by molar-refractivity contribution is 7.99. The summed E-state index contributed by atoms with van der Waals surface area (Å²) in [5.74, 6) is 1.60. The fourth-order valence-electron chi connectivity index (χ4n) is 2.86. The van der Waals surface area contributed by atoms with Crippen molar-refractivity contribution in [3.63, 3.8) is 0 Å². The van der Waals surface area contributed by atoms with Crippen molar-refractivity contribution in [2.45, 2.75) is 30.4 Å². The molecule has 1 fully saturated rings. The van der Waals surface area contributed by atoms with E-state index in [-0.39, 0.29) is 5.91 Å². The van der Waals surface area contributed by atoms with Crippen LogP contribution in [0.3, 0.4) is 0 Å². The summed E-state index contributed by atoms with van der Waals surface area (Å²) in [6, 6.07) is 15.4. The minimum atomic E-state index is -0.0682. The Balaban J connectivity index is 1.63. The van der Waals surface area contributed by atoms with Crippen LogP contribution in [0.1, 0.15) is 28.8 Å². The maximum absolute atomic E-state index is 12.6. The predicted octanol–water partition coefficient (Wildman–Crippen LogP) is 3.90. The monoisotopic (exact) mass is 357 g/mol. The van der Waals surface area contributed by atoms with Gasteiger partial charge in [-0.2, -0.15) is 0 Å². The molecular formula is C20H23NO3S. The Hall–Kier alpha value is -1.98. The Morgan fingerprint density at radius 3 is 2.84 bits per heavy atom. The van der Waals surface area contributed by atoms with Crippen molar-refractivity contribution >= 4 is 17.7 Å². The molecule has 0 radical (unpaired) electrons. The van der Waals surface area contributed by atoms with Crippen molar-refractivity contribution in [3.05, 3.63) is 59.7 Å². The van der Waals surface area contributed by atoms with Crippen LogP contribution in [0.4, 0.5) is 0 Å². The van der Waals surface area contributed by atoms with E-state index < -0.39 is 0 Å². The maximum atomic E-state index is 12.6. The normalized spacial score (nSPS) is 16.6. The third-order valence-electron chi connectivity index (χ3n) is 4.21. The third kappa shape index (κ3) is 4.77. The lowest BCUT2D eigenvalue weighted by atomic mass is 10.1. The van der Waals surface area contributed by atoms with Gasteiger partial charge in [0.1, 0.15) is 5.75 Å². The van der Waals surface area contributed by atoms with Crippen LogP contribution in [0.15, 0.2) is 53.4 Å². The first-order valence-electron chi connectivity index (χ1n) is 8.51. The summed E-state index contributed by atoms with van der Waals surface area (Å²) in [6.07, 6.45) is 2.54. The highest BCUT2D eigenvalue weighted by atomic mass is 32.2. The lowest BCUT2D eigenvalue weighted by Crippen LogP contribution is -2.23. The first-order valence-corrected chi connectivity index (χ1v) is 9.50. The Morgan fingerprint density at radius 1 is 1.24 bits per heavy atom. The summed E-state index contributed by atoms with van der Waals surface area (Å²) in [7, 11) is 1.64. The minimum Gasteiger partial charge on any atom is -0.496 e. The summed E-state index contributed by atoms with van der Waals surface area (Å²) >= 11 is 1.69. The van der Waals surface area contributed by atoms with E-state index in [2.05, 4.69) is 5.32 Å². The number of amides is 1. The topological polar surface area (TPSA) is 47.6 Å². The van der Waals surface area contributed by atoms with Crippen molar-refractivity contribution in [1.82, 2.24) is 5.32 Å². The molecule has 1 aliphatic rings. The number of nitrogens with one attached hydrogen (secondary N) is 1. The molecule has 2 aromatic carbocycles. The quantitative estimate of drug-likeness (QED) is 0.764. The number of benzene rings is 2. The van der Waals surface area contributed by atoms with Crippen LogP contribution in [0.25, 0.3) is 0 Å². The third-order valence-corrected chi connectivity index (χ3v) is 5.42. The van der Waals surface area contributed by atoms with Gasteiger partial charge in [-0.3, -0.25) is 4.79 Å². The molecule has 0 aliphatic carbocycles. The molecule has 1 unspecified atom stereocenters. The van der Waals surface area contributed by atoms with Gasteiger partial charge in [-0.15, -0.1) is 11.8 Å². The average Bonchev–Trinajstić information content (AvgIpc) is 3.18. The molecule has 3 rings (SSSR count). The zero-order chi connectivity index (χ0) is 17.5. The van der Waals surface area contributed by atoms with Crippen LogP contribution in [0.2, 0.25) is 0 Å². The fourth-order valence-corrected chi connectivity index (χ4v) is 3.98. The van der Waals surface area contributed by atoms with Crippen LogP contribution in [-0.4, -0.2) is 31.5 Å². The Labute approximate surface area is 152 Å². The van der Waals surface area contributed by atoms with Crippen molar-refractivity contribution in [2.75, 3.05) is 19.5 Å². The molecular weight excluding hydrogens is 334 g/mol. The summed E-state index contributed by atoms with van der Waals surface area (Å²) in [4.78, 5) is 13.6. The Morgan fingerprint density at radius 2 is 2.04 bits per heavy atom. The van der Waals surface area contributed by atoms with Crippen LogP contribution in [0.5, 0.6) is 5.75 Å². The molecule has 0 aromatic heterocycles. The molecule has 5 heteroatoms. The molecule has 1 heterocycles. The van der Waals surface area contributed by atoms with Gasteiger partial charge < -0.3 is 14.8 Å². The average molecular weight is 357 g/mol. The van der Waals surface area contributed by atoms with E-state index in [0.717, 1.165) is 41.4 Å². The Bertz CT molecular complexity index is 714. The van der Waals surface area contributed by atoms with Crippen molar-refractivity contribution in [2.24, 2.45) is 0 Å². The zero-order valence-corrected chi connectivity index (χ0v) is 15.2. The second-order valence-electron chi connectivity index (χ2n) is 5.94. The second-order valence-corrected chi connectivity index (χ2v) is 7.00. The van der Waals surface area contributed by atoms with Crippen LogP contribution < -0.4 is 10.1 Å². The summed E-state index contributed by atoms with van der Waals surface area (Å²) in [5.41, 5.74) is 1.67. The van der Waals surface area contributed by atoms with Crippen LogP contribution in [0, 0.1) is 0 Å². The molecule has 2 aromatic rings. The molecule has 25 heavy (non-hydrogen) atoms. The zero-order valence-electron chi connectivity index (χ0n) is 14.4. The molecule has 1 atom stereocenters. The van der Waals surface area contributed by atoms with Gasteiger partial charge in [-0.05, 0) is 31.0 Å². The van der Waals surface area contributed by atoms with E-state index in [4.69, 9.17) is 9.47 Å². The number of rotatable bonds is 7. The highest BCUT2D eigenvalue weighted by Crippen LogP contribution is 2.27. The fraction of sp³-hybridized carbons (Fsp3) is 0.350. The minimum absolute atomic E-state index is 0.0682. The van der Waals surface area contributed by atoms with Crippen LogP contribution >= 0.6 is 11.8 Å². The highest BCUT2D eigenvalue weighted by Gasteiger charge is 2.18. The van der Waals surface area contributed by atoms with Crippen molar-refractivity contribution in [1.29, 1.82) is 0 Å². The Kier molecular flexibility index (Phi) is 6.36. The van der Waals surface area contributed by atoms with Gasteiger partial charge in [0, 0.05) is 29.4 Å². The van der Waals surface area contributed by atoms with Gasteiger partial charge in [0.15, 0.2) is 0 Å². The maximum Gasteiger partial charge on any atom is 0.252 e. The van der Waals surface area contributed by atoms with E-state index >= 15 is 0 Å². The number of ether oxygens (including phenoxy) is 2. The molecule has 1 aliphatic heterocycles. The SMILES string of the molecule is COc1ccccc1CNC(=O)c1ccccc1SCC1CCCO1.